The van der Waals surface area contributed by atoms with Gasteiger partial charge in [0.15, 0.2) is 34.2 Å². The SMILES string of the molecule is O=C(C=Cc1ccc(O)c(O)c1)O[C@H]1C[C@@](O)(C(=O)O)C[C@@H](O)[C@]1(CO)OC(=O)C=Cc1ccc(O)c(O)c1. The van der Waals surface area contributed by atoms with Crippen LogP contribution >= 0.6 is 0 Å². The van der Waals surface area contributed by atoms with Crippen LogP contribution in [0.15, 0.2) is 48.6 Å². The Morgan fingerprint density at radius 1 is 0.846 bits per heavy atom. The number of hydrogen-bond acceptors (Lipinski definition) is 12. The molecule has 0 unspecified atom stereocenters. The van der Waals surface area contributed by atoms with Crippen LogP contribution < -0.4 is 0 Å². The van der Waals surface area contributed by atoms with Crippen LogP contribution in [0.25, 0.3) is 12.2 Å². The van der Waals surface area contributed by atoms with Crippen molar-refractivity contribution in [3.8, 4) is 23.0 Å². The molecule has 208 valence electrons. The van der Waals surface area contributed by atoms with Crippen molar-refractivity contribution >= 4 is 30.1 Å². The third-order valence-electron chi connectivity index (χ3n) is 6.18. The molecule has 8 N–H and O–H groups in total. The highest BCUT2D eigenvalue weighted by Gasteiger charge is 2.61. The molecule has 1 aliphatic rings. The summed E-state index contributed by atoms with van der Waals surface area (Å²) in [5.41, 5.74) is -4.45. The fourth-order valence-corrected chi connectivity index (χ4v) is 3.98. The maximum atomic E-state index is 12.6. The number of phenolic OH excluding ortho intramolecular Hbond substituents is 4. The molecule has 3 rings (SSSR count). The van der Waals surface area contributed by atoms with Gasteiger partial charge in [-0.3, -0.25) is 0 Å². The minimum Gasteiger partial charge on any atom is -0.504 e. The van der Waals surface area contributed by atoms with Crippen LogP contribution in [0.5, 0.6) is 23.0 Å². The van der Waals surface area contributed by atoms with Gasteiger partial charge in [-0.05, 0) is 47.5 Å². The number of carboxylic acid groups (broad SMARTS) is 1. The molecule has 0 heterocycles. The lowest BCUT2D eigenvalue weighted by Gasteiger charge is -2.48. The first-order valence-corrected chi connectivity index (χ1v) is 11.4. The van der Waals surface area contributed by atoms with E-state index < -0.39 is 83.8 Å². The summed E-state index contributed by atoms with van der Waals surface area (Å²) in [5, 5.41) is 78.8. The van der Waals surface area contributed by atoms with E-state index in [1.165, 1.54) is 24.3 Å². The molecule has 0 spiro atoms. The second-order valence-electron chi connectivity index (χ2n) is 8.88. The minimum absolute atomic E-state index is 0.262. The van der Waals surface area contributed by atoms with Gasteiger partial charge in [-0.15, -0.1) is 0 Å². The molecule has 2 aromatic carbocycles. The number of hydrogen-bond donors (Lipinski definition) is 8. The molecule has 2 aromatic rings. The number of aliphatic carboxylic acids is 1. The Labute approximate surface area is 220 Å². The van der Waals surface area contributed by atoms with Crippen molar-refractivity contribution < 1.29 is 64.7 Å². The van der Waals surface area contributed by atoms with E-state index in [1.807, 2.05) is 0 Å². The van der Waals surface area contributed by atoms with E-state index in [0.29, 0.717) is 0 Å². The average molecular weight is 546 g/mol. The number of aliphatic hydroxyl groups excluding tert-OH is 2. The molecule has 1 aliphatic carbocycles. The van der Waals surface area contributed by atoms with Gasteiger partial charge >= 0.3 is 17.9 Å². The van der Waals surface area contributed by atoms with Gasteiger partial charge in [0.1, 0.15) is 12.2 Å². The molecule has 0 aliphatic heterocycles. The van der Waals surface area contributed by atoms with Crippen LogP contribution in [0, 0.1) is 0 Å². The Morgan fingerprint density at radius 2 is 1.36 bits per heavy atom. The van der Waals surface area contributed by atoms with Crippen LogP contribution in [0.2, 0.25) is 0 Å². The van der Waals surface area contributed by atoms with E-state index in [-0.39, 0.29) is 11.1 Å². The van der Waals surface area contributed by atoms with Crippen molar-refractivity contribution in [1.29, 1.82) is 0 Å². The highest BCUT2D eigenvalue weighted by Crippen LogP contribution is 2.40. The lowest BCUT2D eigenvalue weighted by molar-refractivity contribution is -0.246. The number of rotatable bonds is 8. The highest BCUT2D eigenvalue weighted by molar-refractivity contribution is 5.89. The molecule has 0 bridgehead atoms. The molecule has 13 heteroatoms. The van der Waals surface area contributed by atoms with Gasteiger partial charge in [0.05, 0.1) is 6.61 Å². The third-order valence-corrected chi connectivity index (χ3v) is 6.18. The summed E-state index contributed by atoms with van der Waals surface area (Å²) in [7, 11) is 0. The summed E-state index contributed by atoms with van der Waals surface area (Å²) in [6, 6.07) is 7.30. The first-order chi connectivity index (χ1) is 18.3. The number of ether oxygens (including phenoxy) is 2. The van der Waals surface area contributed by atoms with E-state index in [2.05, 4.69) is 0 Å². The highest BCUT2D eigenvalue weighted by atomic mass is 16.6. The van der Waals surface area contributed by atoms with Crippen molar-refractivity contribution in [3.05, 3.63) is 59.7 Å². The zero-order chi connectivity index (χ0) is 29.0. The first kappa shape index (κ1) is 29.0. The van der Waals surface area contributed by atoms with Crippen molar-refractivity contribution in [2.24, 2.45) is 0 Å². The van der Waals surface area contributed by atoms with Crippen molar-refractivity contribution in [3.63, 3.8) is 0 Å². The Hall–Kier alpha value is -4.59. The largest absolute Gasteiger partial charge is 0.504 e. The van der Waals surface area contributed by atoms with E-state index in [9.17, 15) is 55.2 Å². The Balaban J connectivity index is 1.87. The molecular formula is C26H26O13. The van der Waals surface area contributed by atoms with Gasteiger partial charge in [-0.25, -0.2) is 14.4 Å². The fraction of sp³-hybridized carbons (Fsp3) is 0.269. The first-order valence-electron chi connectivity index (χ1n) is 11.4. The van der Waals surface area contributed by atoms with Crippen LogP contribution in [-0.4, -0.2) is 88.8 Å². The van der Waals surface area contributed by atoms with Crippen LogP contribution in [0.4, 0.5) is 0 Å². The summed E-state index contributed by atoms with van der Waals surface area (Å²) >= 11 is 0. The molecule has 0 saturated heterocycles. The number of carbonyl (C=O) groups is 3. The summed E-state index contributed by atoms with van der Waals surface area (Å²) in [4.78, 5) is 36.9. The number of aromatic hydroxyl groups is 4. The van der Waals surface area contributed by atoms with Gasteiger partial charge in [0.25, 0.3) is 0 Å². The van der Waals surface area contributed by atoms with Gasteiger partial charge < -0.3 is 50.3 Å². The van der Waals surface area contributed by atoms with Gasteiger partial charge in [0.2, 0.25) is 0 Å². The van der Waals surface area contributed by atoms with Gasteiger partial charge in [0, 0.05) is 25.0 Å². The number of phenols is 4. The van der Waals surface area contributed by atoms with Crippen molar-refractivity contribution in [2.75, 3.05) is 6.61 Å². The van der Waals surface area contributed by atoms with Gasteiger partial charge in [-0.2, -0.15) is 0 Å². The molecule has 0 amide bonds. The number of esters is 2. The van der Waals surface area contributed by atoms with E-state index in [0.717, 1.165) is 36.4 Å². The number of benzene rings is 2. The predicted molar refractivity (Wildman–Crippen MR) is 131 cm³/mol. The molecule has 0 radical (unpaired) electrons. The summed E-state index contributed by atoms with van der Waals surface area (Å²) < 4.78 is 10.5. The quantitative estimate of drug-likeness (QED) is 0.127. The van der Waals surface area contributed by atoms with E-state index in [4.69, 9.17) is 9.47 Å². The minimum atomic E-state index is -2.60. The smallest absolute Gasteiger partial charge is 0.335 e. The maximum absolute atomic E-state index is 12.6. The standard InChI is InChI=1S/C26H26O13/c27-13-26(39-23(34)8-4-15-2-6-17(29)19(31)10-15)20(32)11-25(37,24(35)36)12-21(26)38-22(33)7-3-14-1-5-16(28)18(30)9-14/h1-10,20-21,27-32,37H,11-13H2,(H,35,36)/t20-,21+,25-,26+/m1/s1. The second-order valence-corrected chi connectivity index (χ2v) is 8.88. The van der Waals surface area contributed by atoms with Crippen LogP contribution in [0.1, 0.15) is 24.0 Å². The number of aliphatic hydroxyl groups is 3. The lowest BCUT2D eigenvalue weighted by atomic mass is 9.72. The fourth-order valence-electron chi connectivity index (χ4n) is 3.98. The molecule has 39 heavy (non-hydrogen) atoms. The molecule has 4 atom stereocenters. The Kier molecular flexibility index (Phi) is 8.49. The monoisotopic (exact) mass is 546 g/mol. The predicted octanol–water partition coefficient (Wildman–Crippen LogP) is 0.392. The van der Waals surface area contributed by atoms with Gasteiger partial charge in [-0.1, -0.05) is 12.1 Å². The summed E-state index contributed by atoms with van der Waals surface area (Å²) in [6.45, 7) is -1.13. The van der Waals surface area contributed by atoms with Crippen LogP contribution in [-0.2, 0) is 23.9 Å². The summed E-state index contributed by atoms with van der Waals surface area (Å²) in [5.74, 6) is -5.77. The van der Waals surface area contributed by atoms with E-state index >= 15 is 0 Å². The zero-order valence-corrected chi connectivity index (χ0v) is 20.2. The average Bonchev–Trinajstić information content (AvgIpc) is 2.87. The Morgan fingerprint density at radius 3 is 1.82 bits per heavy atom. The molecule has 13 nitrogen and oxygen atoms in total. The second kappa shape index (κ2) is 11.4. The Bertz CT molecular complexity index is 1320. The topological polar surface area (TPSA) is 232 Å². The molecule has 1 saturated carbocycles. The summed E-state index contributed by atoms with van der Waals surface area (Å²) in [6.07, 6.45) is -1.52. The maximum Gasteiger partial charge on any atom is 0.335 e. The third kappa shape index (κ3) is 6.46. The number of carboxylic acids is 1. The normalized spacial score (nSPS) is 25.0. The number of carbonyl (C=O) groups excluding carboxylic acids is 2. The van der Waals surface area contributed by atoms with E-state index in [1.54, 1.807) is 0 Å². The molecule has 1 fully saturated rings. The van der Waals surface area contributed by atoms with Crippen molar-refractivity contribution in [1.82, 2.24) is 0 Å². The van der Waals surface area contributed by atoms with Crippen LogP contribution in [0.3, 0.4) is 0 Å². The van der Waals surface area contributed by atoms with Crippen molar-refractivity contribution in [2.45, 2.75) is 36.3 Å². The molecular weight excluding hydrogens is 520 g/mol. The molecule has 0 aromatic heterocycles. The lowest BCUT2D eigenvalue weighted by Crippen LogP contribution is -2.67. The zero-order valence-electron chi connectivity index (χ0n) is 20.2.